The van der Waals surface area contributed by atoms with Crippen LogP contribution in [-0.2, 0) is 11.3 Å². The summed E-state index contributed by atoms with van der Waals surface area (Å²) in [6.45, 7) is 0.843. The van der Waals surface area contributed by atoms with Crippen LogP contribution in [0, 0.1) is 0 Å². The quantitative estimate of drug-likeness (QED) is 0.738. The Bertz CT molecular complexity index is 430. The van der Waals surface area contributed by atoms with Crippen LogP contribution in [0.5, 0.6) is 0 Å². The van der Waals surface area contributed by atoms with Gasteiger partial charge >= 0.3 is 6.09 Å². The highest BCUT2D eigenvalue weighted by Gasteiger charge is 2.18. The van der Waals surface area contributed by atoms with Gasteiger partial charge in [0.25, 0.3) is 0 Å². The number of carbonyl (C=O) groups is 1. The average molecular weight is 240 g/mol. The van der Waals surface area contributed by atoms with Crippen LogP contribution in [0.2, 0.25) is 5.15 Å². The Hall–Kier alpha value is -1.62. The standard InChI is InChI=1S/C10H10ClN3O2/c1-14(9-6-16-10(15)13-9)5-7-2-3-8(11)12-4-7/h2-4H,5-6H2,1H3. The Labute approximate surface area is 97.7 Å². The number of hydrogen-bond acceptors (Lipinski definition) is 4. The van der Waals surface area contributed by atoms with Crippen molar-refractivity contribution >= 4 is 23.5 Å². The second-order valence-corrected chi connectivity index (χ2v) is 3.82. The molecule has 1 aliphatic heterocycles. The summed E-state index contributed by atoms with van der Waals surface area (Å²) in [5.41, 5.74) is 0.994. The maximum absolute atomic E-state index is 10.8. The fraction of sp³-hybridized carbons (Fsp3) is 0.300. The van der Waals surface area contributed by atoms with E-state index in [2.05, 4.69) is 9.98 Å². The second kappa shape index (κ2) is 4.49. The number of likely N-dealkylation sites (N-methyl/N-ethyl adjacent to an activating group) is 1. The molecule has 5 nitrogen and oxygen atoms in total. The minimum absolute atomic E-state index is 0.232. The molecule has 0 fully saturated rings. The number of carbonyl (C=O) groups excluding carboxylic acids is 1. The first kappa shape index (κ1) is 10.9. The van der Waals surface area contributed by atoms with Crippen LogP contribution in [-0.4, -0.2) is 35.5 Å². The van der Waals surface area contributed by atoms with Gasteiger partial charge in [0.1, 0.15) is 5.15 Å². The van der Waals surface area contributed by atoms with Crippen LogP contribution in [0.1, 0.15) is 5.56 Å². The lowest BCUT2D eigenvalue weighted by molar-refractivity contribution is 0.180. The van der Waals surface area contributed by atoms with Gasteiger partial charge in [-0.05, 0) is 11.6 Å². The second-order valence-electron chi connectivity index (χ2n) is 3.43. The van der Waals surface area contributed by atoms with Crippen LogP contribution in [0.15, 0.2) is 23.3 Å². The molecule has 0 N–H and O–H groups in total. The van der Waals surface area contributed by atoms with Gasteiger partial charge in [0.15, 0.2) is 12.4 Å². The number of nitrogens with zero attached hydrogens (tertiary/aromatic N) is 3. The van der Waals surface area contributed by atoms with Crippen molar-refractivity contribution in [2.45, 2.75) is 6.54 Å². The summed E-state index contributed by atoms with van der Waals surface area (Å²) in [6, 6.07) is 3.60. The van der Waals surface area contributed by atoms with Crippen molar-refractivity contribution in [3.8, 4) is 0 Å². The fourth-order valence-corrected chi connectivity index (χ4v) is 1.47. The molecule has 0 aliphatic carbocycles. The number of aliphatic imine (C=N–C) groups is 1. The molecule has 0 saturated carbocycles. The molecule has 84 valence electrons. The van der Waals surface area contributed by atoms with Gasteiger partial charge in [-0.25, -0.2) is 9.78 Å². The third kappa shape index (κ3) is 2.49. The van der Waals surface area contributed by atoms with E-state index >= 15 is 0 Å². The Morgan fingerprint density at radius 1 is 1.56 bits per heavy atom. The summed E-state index contributed by atoms with van der Waals surface area (Å²) >= 11 is 5.68. The number of amides is 1. The van der Waals surface area contributed by atoms with Crippen molar-refractivity contribution in [1.29, 1.82) is 0 Å². The molecule has 0 radical (unpaired) electrons. The predicted molar refractivity (Wildman–Crippen MR) is 59.5 cm³/mol. The maximum atomic E-state index is 10.8. The van der Waals surface area contributed by atoms with Crippen molar-refractivity contribution < 1.29 is 9.53 Å². The SMILES string of the molecule is CN(Cc1ccc(Cl)nc1)C1=NC(=O)OC1. The van der Waals surface area contributed by atoms with Gasteiger partial charge in [0.2, 0.25) is 0 Å². The Balaban J connectivity index is 2.02. The number of halogens is 1. The number of hydrogen-bond donors (Lipinski definition) is 0. The minimum atomic E-state index is -0.531. The zero-order valence-electron chi connectivity index (χ0n) is 8.68. The highest BCUT2D eigenvalue weighted by molar-refractivity contribution is 6.29. The maximum Gasteiger partial charge on any atom is 0.435 e. The zero-order valence-corrected chi connectivity index (χ0v) is 9.44. The Kier molecular flexibility index (Phi) is 3.05. The van der Waals surface area contributed by atoms with Gasteiger partial charge in [0.05, 0.1) is 0 Å². The lowest BCUT2D eigenvalue weighted by Gasteiger charge is -2.17. The first-order chi connectivity index (χ1) is 7.65. The number of ether oxygens (including phenoxy) is 1. The van der Waals surface area contributed by atoms with E-state index in [1.54, 1.807) is 12.3 Å². The molecule has 0 atom stereocenters. The summed E-state index contributed by atoms with van der Waals surface area (Å²) in [7, 11) is 1.84. The molecule has 1 aromatic heterocycles. The van der Waals surface area contributed by atoms with Gasteiger partial charge in [-0.3, -0.25) is 0 Å². The van der Waals surface area contributed by atoms with E-state index in [0.29, 0.717) is 17.5 Å². The van der Waals surface area contributed by atoms with Crippen LogP contribution in [0.3, 0.4) is 0 Å². The van der Waals surface area contributed by atoms with E-state index in [9.17, 15) is 4.79 Å². The minimum Gasteiger partial charge on any atom is -0.440 e. The number of pyridine rings is 1. The molecule has 1 aliphatic rings. The van der Waals surface area contributed by atoms with Gasteiger partial charge in [-0.15, -0.1) is 0 Å². The number of amidine groups is 1. The normalized spacial score (nSPS) is 14.6. The van der Waals surface area contributed by atoms with Gasteiger partial charge in [0, 0.05) is 19.8 Å². The Morgan fingerprint density at radius 3 is 2.94 bits per heavy atom. The topological polar surface area (TPSA) is 54.8 Å². The van der Waals surface area contributed by atoms with Crippen molar-refractivity contribution in [1.82, 2.24) is 9.88 Å². The lowest BCUT2D eigenvalue weighted by Crippen LogP contribution is -2.27. The van der Waals surface area contributed by atoms with Crippen molar-refractivity contribution in [2.24, 2.45) is 4.99 Å². The summed E-state index contributed by atoms with van der Waals surface area (Å²) in [6.07, 6.45) is 1.16. The van der Waals surface area contributed by atoms with Gasteiger partial charge in [-0.1, -0.05) is 17.7 Å². The number of rotatable bonds is 2. The van der Waals surface area contributed by atoms with Crippen LogP contribution in [0.4, 0.5) is 4.79 Å². The monoisotopic (exact) mass is 239 g/mol. The first-order valence-corrected chi connectivity index (χ1v) is 5.09. The van der Waals surface area contributed by atoms with E-state index < -0.39 is 6.09 Å². The average Bonchev–Trinajstić information content (AvgIpc) is 2.68. The molecule has 0 bridgehead atoms. The van der Waals surface area contributed by atoms with Crippen LogP contribution >= 0.6 is 11.6 Å². The molecule has 16 heavy (non-hydrogen) atoms. The van der Waals surface area contributed by atoms with Crippen molar-refractivity contribution in [3.63, 3.8) is 0 Å². The Morgan fingerprint density at radius 2 is 2.38 bits per heavy atom. The molecule has 0 aromatic carbocycles. The van der Waals surface area contributed by atoms with E-state index in [0.717, 1.165) is 5.56 Å². The molecule has 0 unspecified atom stereocenters. The summed E-state index contributed by atoms with van der Waals surface area (Å²) in [5, 5.41) is 0.461. The molecule has 6 heteroatoms. The van der Waals surface area contributed by atoms with Crippen molar-refractivity contribution in [3.05, 3.63) is 29.0 Å². The van der Waals surface area contributed by atoms with Gasteiger partial charge < -0.3 is 9.64 Å². The van der Waals surface area contributed by atoms with E-state index in [4.69, 9.17) is 16.3 Å². The van der Waals surface area contributed by atoms with Crippen LogP contribution in [0.25, 0.3) is 0 Å². The van der Waals surface area contributed by atoms with E-state index in [-0.39, 0.29) is 6.61 Å². The van der Waals surface area contributed by atoms with Gasteiger partial charge in [-0.2, -0.15) is 4.99 Å². The lowest BCUT2D eigenvalue weighted by atomic mass is 10.2. The number of aromatic nitrogens is 1. The fourth-order valence-electron chi connectivity index (χ4n) is 1.36. The highest BCUT2D eigenvalue weighted by atomic mass is 35.5. The smallest absolute Gasteiger partial charge is 0.435 e. The third-order valence-electron chi connectivity index (χ3n) is 2.19. The molecule has 1 amide bonds. The number of cyclic esters (lactones) is 1. The summed E-state index contributed by atoms with van der Waals surface area (Å²) in [4.78, 5) is 20.3. The molecule has 2 heterocycles. The highest BCUT2D eigenvalue weighted by Crippen LogP contribution is 2.09. The molecule has 2 rings (SSSR count). The largest absolute Gasteiger partial charge is 0.440 e. The van der Waals surface area contributed by atoms with E-state index in [1.165, 1.54) is 0 Å². The molecular formula is C10H10ClN3O2. The third-order valence-corrected chi connectivity index (χ3v) is 2.42. The molecular weight excluding hydrogens is 230 g/mol. The first-order valence-electron chi connectivity index (χ1n) is 4.71. The molecule has 0 saturated heterocycles. The van der Waals surface area contributed by atoms with E-state index in [1.807, 2.05) is 18.0 Å². The molecule has 1 aromatic rings. The van der Waals surface area contributed by atoms with Crippen LogP contribution < -0.4 is 0 Å². The summed E-state index contributed by atoms with van der Waals surface area (Å²) < 4.78 is 4.72. The predicted octanol–water partition coefficient (Wildman–Crippen LogP) is 1.72. The molecule has 0 spiro atoms. The van der Waals surface area contributed by atoms with Crippen molar-refractivity contribution in [2.75, 3.05) is 13.7 Å². The zero-order chi connectivity index (χ0) is 11.5. The summed E-state index contributed by atoms with van der Waals surface area (Å²) in [5.74, 6) is 0.625.